The smallest absolute Gasteiger partial charge is 0.224 e. The summed E-state index contributed by atoms with van der Waals surface area (Å²) in [4.78, 5) is 11.7. The van der Waals surface area contributed by atoms with E-state index < -0.39 is 0 Å². The molecule has 0 fully saturated rings. The van der Waals surface area contributed by atoms with Crippen LogP contribution in [0.4, 0.5) is 11.4 Å². The molecular weight excluding hydrogens is 252 g/mol. The number of halogens is 1. The fourth-order valence-electron chi connectivity index (χ4n) is 1.50. The molecule has 0 saturated carbocycles. The maximum Gasteiger partial charge on any atom is 0.224 e. The van der Waals surface area contributed by atoms with Crippen LogP contribution in [-0.4, -0.2) is 19.1 Å². The van der Waals surface area contributed by atoms with Crippen molar-refractivity contribution in [2.45, 2.75) is 32.8 Å². The summed E-state index contributed by atoms with van der Waals surface area (Å²) in [6.45, 7) is 3.80. The van der Waals surface area contributed by atoms with Gasteiger partial charge >= 0.3 is 0 Å². The van der Waals surface area contributed by atoms with Gasteiger partial charge in [-0.3, -0.25) is 4.79 Å². The summed E-state index contributed by atoms with van der Waals surface area (Å²) in [5.74, 6) is -0.0529. The van der Waals surface area contributed by atoms with E-state index in [9.17, 15) is 4.79 Å². The second-order valence-electron chi connectivity index (χ2n) is 4.32. The Bertz CT molecular complexity index is 435. The van der Waals surface area contributed by atoms with E-state index >= 15 is 0 Å². The molecule has 1 aromatic carbocycles. The fourth-order valence-corrected chi connectivity index (χ4v) is 1.67. The fraction of sp³-hybridized carbons (Fsp3) is 0.462. The number of hydrogen-bond donors (Lipinski definition) is 2. The zero-order valence-corrected chi connectivity index (χ0v) is 11.7. The van der Waals surface area contributed by atoms with Crippen LogP contribution in [0.5, 0.6) is 0 Å². The maximum absolute atomic E-state index is 11.7. The number of methoxy groups -OCH3 is 1. The Labute approximate surface area is 112 Å². The standard InChI is InChI=1S/C13H19ClN2O2/c1-8-6-11(15)10(14)7-12(8)16-13(17)5-4-9(2)18-3/h6-7,9H,4-5,15H2,1-3H3,(H,16,17). The minimum absolute atomic E-state index is 0.0529. The van der Waals surface area contributed by atoms with Crippen molar-refractivity contribution in [1.82, 2.24) is 0 Å². The molecule has 0 aliphatic heterocycles. The van der Waals surface area contributed by atoms with Gasteiger partial charge in [0.2, 0.25) is 5.91 Å². The quantitative estimate of drug-likeness (QED) is 0.809. The Kier molecular flexibility index (Phi) is 5.44. The van der Waals surface area contributed by atoms with Gasteiger partial charge in [0.25, 0.3) is 0 Å². The van der Waals surface area contributed by atoms with Gasteiger partial charge in [-0.25, -0.2) is 0 Å². The molecule has 1 unspecified atom stereocenters. The summed E-state index contributed by atoms with van der Waals surface area (Å²) in [5, 5.41) is 3.27. The van der Waals surface area contributed by atoms with Crippen molar-refractivity contribution in [2.24, 2.45) is 0 Å². The number of nitrogen functional groups attached to an aromatic ring is 1. The maximum atomic E-state index is 11.7. The Balaban J connectivity index is 2.62. The van der Waals surface area contributed by atoms with Crippen LogP contribution in [0.25, 0.3) is 0 Å². The molecule has 0 aliphatic carbocycles. The van der Waals surface area contributed by atoms with Crippen LogP contribution in [0, 0.1) is 6.92 Å². The van der Waals surface area contributed by atoms with Crippen molar-refractivity contribution in [1.29, 1.82) is 0 Å². The Morgan fingerprint density at radius 1 is 1.56 bits per heavy atom. The number of rotatable bonds is 5. The Morgan fingerprint density at radius 2 is 2.22 bits per heavy atom. The third kappa shape index (κ3) is 4.20. The van der Waals surface area contributed by atoms with Gasteiger partial charge in [0.1, 0.15) is 0 Å². The van der Waals surface area contributed by atoms with E-state index in [-0.39, 0.29) is 12.0 Å². The van der Waals surface area contributed by atoms with Crippen LogP contribution >= 0.6 is 11.6 Å². The van der Waals surface area contributed by atoms with Crippen molar-refractivity contribution in [3.8, 4) is 0 Å². The van der Waals surface area contributed by atoms with Crippen molar-refractivity contribution >= 4 is 28.9 Å². The van der Waals surface area contributed by atoms with Gasteiger partial charge in [-0.1, -0.05) is 11.6 Å². The highest BCUT2D eigenvalue weighted by molar-refractivity contribution is 6.33. The third-order valence-electron chi connectivity index (χ3n) is 2.80. The zero-order chi connectivity index (χ0) is 13.7. The van der Waals surface area contributed by atoms with E-state index in [4.69, 9.17) is 22.1 Å². The van der Waals surface area contributed by atoms with E-state index in [2.05, 4.69) is 5.32 Å². The number of benzene rings is 1. The molecule has 3 N–H and O–H groups in total. The van der Waals surface area contributed by atoms with Gasteiger partial charge in [-0.15, -0.1) is 0 Å². The first-order valence-electron chi connectivity index (χ1n) is 5.82. The van der Waals surface area contributed by atoms with Crippen LogP contribution in [0.3, 0.4) is 0 Å². The van der Waals surface area contributed by atoms with Crippen LogP contribution in [0.1, 0.15) is 25.3 Å². The zero-order valence-electron chi connectivity index (χ0n) is 10.9. The minimum Gasteiger partial charge on any atom is -0.398 e. The molecule has 0 saturated heterocycles. The lowest BCUT2D eigenvalue weighted by Gasteiger charge is -2.12. The van der Waals surface area contributed by atoms with E-state index in [1.807, 2.05) is 13.8 Å². The Morgan fingerprint density at radius 3 is 2.83 bits per heavy atom. The molecule has 1 rings (SSSR count). The molecule has 1 amide bonds. The van der Waals surface area contributed by atoms with Crippen LogP contribution in [-0.2, 0) is 9.53 Å². The van der Waals surface area contributed by atoms with E-state index in [0.29, 0.717) is 29.2 Å². The summed E-state index contributed by atoms with van der Waals surface area (Å²) in [6.07, 6.45) is 1.17. The molecule has 0 heterocycles. The number of amides is 1. The van der Waals surface area contributed by atoms with Gasteiger partial charge in [0.05, 0.1) is 16.8 Å². The highest BCUT2D eigenvalue weighted by atomic mass is 35.5. The van der Waals surface area contributed by atoms with Crippen molar-refractivity contribution < 1.29 is 9.53 Å². The molecule has 0 aliphatic rings. The lowest BCUT2D eigenvalue weighted by atomic mass is 10.1. The van der Waals surface area contributed by atoms with E-state index in [1.165, 1.54) is 0 Å². The van der Waals surface area contributed by atoms with Crippen molar-refractivity contribution in [3.05, 3.63) is 22.7 Å². The summed E-state index contributed by atoms with van der Waals surface area (Å²) in [6, 6.07) is 3.42. The molecule has 4 nitrogen and oxygen atoms in total. The van der Waals surface area contributed by atoms with Crippen LogP contribution < -0.4 is 11.1 Å². The minimum atomic E-state index is -0.0529. The molecule has 100 valence electrons. The Hall–Kier alpha value is -1.26. The van der Waals surface area contributed by atoms with Crippen LogP contribution in [0.2, 0.25) is 5.02 Å². The second-order valence-corrected chi connectivity index (χ2v) is 4.73. The third-order valence-corrected chi connectivity index (χ3v) is 3.13. The van der Waals surface area contributed by atoms with Crippen LogP contribution in [0.15, 0.2) is 12.1 Å². The molecule has 0 radical (unpaired) electrons. The molecular formula is C13H19ClN2O2. The normalized spacial score (nSPS) is 12.2. The van der Waals surface area contributed by atoms with Gasteiger partial charge in [0.15, 0.2) is 0 Å². The van der Waals surface area contributed by atoms with E-state index in [0.717, 1.165) is 5.56 Å². The first kappa shape index (κ1) is 14.8. The number of carbonyl (C=O) groups excluding carboxylic acids is 1. The SMILES string of the molecule is COC(C)CCC(=O)Nc1cc(Cl)c(N)cc1C. The number of hydrogen-bond acceptors (Lipinski definition) is 3. The van der Waals surface area contributed by atoms with Crippen molar-refractivity contribution in [2.75, 3.05) is 18.2 Å². The number of carbonyl (C=O) groups is 1. The highest BCUT2D eigenvalue weighted by Gasteiger charge is 2.09. The summed E-state index contributed by atoms with van der Waals surface area (Å²) in [7, 11) is 1.63. The number of nitrogens with one attached hydrogen (secondary N) is 1. The predicted octanol–water partition coefficient (Wildman–Crippen LogP) is 2.98. The van der Waals surface area contributed by atoms with Crippen molar-refractivity contribution in [3.63, 3.8) is 0 Å². The van der Waals surface area contributed by atoms with E-state index in [1.54, 1.807) is 19.2 Å². The molecule has 1 atom stereocenters. The lowest BCUT2D eigenvalue weighted by molar-refractivity contribution is -0.116. The summed E-state index contributed by atoms with van der Waals surface area (Å²) < 4.78 is 5.09. The van der Waals surface area contributed by atoms with Gasteiger partial charge in [-0.2, -0.15) is 0 Å². The first-order valence-corrected chi connectivity index (χ1v) is 6.20. The number of anilines is 2. The van der Waals surface area contributed by atoms with Gasteiger partial charge in [0, 0.05) is 19.2 Å². The number of aryl methyl sites for hydroxylation is 1. The lowest BCUT2D eigenvalue weighted by Crippen LogP contribution is -2.15. The molecule has 0 bridgehead atoms. The molecule has 0 aromatic heterocycles. The molecule has 0 spiro atoms. The predicted molar refractivity (Wildman–Crippen MR) is 74.9 cm³/mol. The average molecular weight is 271 g/mol. The summed E-state index contributed by atoms with van der Waals surface area (Å²) in [5.41, 5.74) is 7.78. The molecule has 5 heteroatoms. The summed E-state index contributed by atoms with van der Waals surface area (Å²) >= 11 is 5.92. The second kappa shape index (κ2) is 6.61. The first-order chi connectivity index (χ1) is 8.43. The monoisotopic (exact) mass is 270 g/mol. The number of ether oxygens (including phenoxy) is 1. The molecule has 18 heavy (non-hydrogen) atoms. The topological polar surface area (TPSA) is 64.3 Å². The van der Waals surface area contributed by atoms with Gasteiger partial charge in [-0.05, 0) is 38.0 Å². The largest absolute Gasteiger partial charge is 0.398 e. The number of nitrogens with two attached hydrogens (primary N) is 1. The average Bonchev–Trinajstić information content (AvgIpc) is 2.33. The highest BCUT2D eigenvalue weighted by Crippen LogP contribution is 2.26. The van der Waals surface area contributed by atoms with Gasteiger partial charge < -0.3 is 15.8 Å². The molecule has 1 aromatic rings.